The van der Waals surface area contributed by atoms with Crippen LogP contribution in [0.15, 0.2) is 11.6 Å². The molecule has 1 aliphatic heterocycles. The standard InChI is InChI=1S/C19H22O7/c1-9(7-10(2)17(20)21)5-6-12-14(18(22)23)15-13(8-26-19(15)24)11(3)16(12)25-4/h5,10H,6-8H2,1-4H3,(H,20,21)(H,22,23). The van der Waals surface area contributed by atoms with Gasteiger partial charge in [-0.3, -0.25) is 4.79 Å². The van der Waals surface area contributed by atoms with E-state index in [9.17, 15) is 19.5 Å². The van der Waals surface area contributed by atoms with Crippen LogP contribution in [0.3, 0.4) is 0 Å². The maximum Gasteiger partial charge on any atom is 0.339 e. The highest BCUT2D eigenvalue weighted by Crippen LogP contribution is 2.38. The Morgan fingerprint density at radius 2 is 2.00 bits per heavy atom. The maximum absolute atomic E-state index is 12.0. The van der Waals surface area contributed by atoms with Gasteiger partial charge in [-0.25, -0.2) is 9.59 Å². The number of benzene rings is 1. The summed E-state index contributed by atoms with van der Waals surface area (Å²) in [5, 5.41) is 18.7. The minimum absolute atomic E-state index is 0.0297. The van der Waals surface area contributed by atoms with E-state index in [4.69, 9.17) is 14.6 Å². The van der Waals surface area contributed by atoms with E-state index in [1.165, 1.54) is 7.11 Å². The van der Waals surface area contributed by atoms with Crippen LogP contribution < -0.4 is 4.74 Å². The van der Waals surface area contributed by atoms with Gasteiger partial charge in [0, 0.05) is 11.1 Å². The number of rotatable bonds is 7. The summed E-state index contributed by atoms with van der Waals surface area (Å²) in [5.41, 5.74) is 2.39. The molecule has 26 heavy (non-hydrogen) atoms. The van der Waals surface area contributed by atoms with E-state index in [1.807, 2.05) is 0 Å². The lowest BCUT2D eigenvalue weighted by Gasteiger charge is -2.17. The zero-order chi connectivity index (χ0) is 19.6. The number of hydrogen-bond donors (Lipinski definition) is 2. The minimum atomic E-state index is -1.22. The summed E-state index contributed by atoms with van der Waals surface area (Å²) in [6.07, 6.45) is 2.34. The number of cyclic esters (lactones) is 1. The lowest BCUT2D eigenvalue weighted by Crippen LogP contribution is -2.14. The molecule has 0 spiro atoms. The van der Waals surface area contributed by atoms with Crippen molar-refractivity contribution in [1.29, 1.82) is 0 Å². The van der Waals surface area contributed by atoms with Crippen LogP contribution in [-0.4, -0.2) is 35.2 Å². The Labute approximate surface area is 151 Å². The fourth-order valence-corrected chi connectivity index (χ4v) is 3.22. The molecule has 2 N–H and O–H groups in total. The first-order valence-corrected chi connectivity index (χ1v) is 8.20. The summed E-state index contributed by atoms with van der Waals surface area (Å²) in [6, 6.07) is 0. The highest BCUT2D eigenvalue weighted by molar-refractivity contribution is 6.07. The molecule has 0 radical (unpaired) electrons. The number of ether oxygens (including phenoxy) is 2. The largest absolute Gasteiger partial charge is 0.496 e. The third-order valence-corrected chi connectivity index (χ3v) is 4.59. The van der Waals surface area contributed by atoms with Crippen molar-refractivity contribution in [3.05, 3.63) is 39.5 Å². The number of carbonyl (C=O) groups is 3. The summed E-state index contributed by atoms with van der Waals surface area (Å²) >= 11 is 0. The number of aromatic carboxylic acids is 1. The third-order valence-electron chi connectivity index (χ3n) is 4.59. The molecule has 0 saturated carbocycles. The summed E-state index contributed by atoms with van der Waals surface area (Å²) in [5.74, 6) is -2.89. The molecular formula is C19H22O7. The van der Waals surface area contributed by atoms with Crippen LogP contribution in [0, 0.1) is 12.8 Å². The van der Waals surface area contributed by atoms with E-state index in [0.29, 0.717) is 28.9 Å². The smallest absolute Gasteiger partial charge is 0.339 e. The Morgan fingerprint density at radius 3 is 2.54 bits per heavy atom. The molecule has 1 aliphatic rings. The predicted octanol–water partition coefficient (Wildman–Crippen LogP) is 2.97. The van der Waals surface area contributed by atoms with Gasteiger partial charge in [0.15, 0.2) is 0 Å². The zero-order valence-corrected chi connectivity index (χ0v) is 15.2. The number of allylic oxidation sites excluding steroid dienone is 2. The number of carboxylic acid groups (broad SMARTS) is 2. The number of esters is 1. The van der Waals surface area contributed by atoms with Crippen LogP contribution in [0.2, 0.25) is 0 Å². The van der Waals surface area contributed by atoms with Gasteiger partial charge in [-0.05, 0) is 32.3 Å². The van der Waals surface area contributed by atoms with Crippen molar-refractivity contribution < 1.29 is 34.1 Å². The fraction of sp³-hybridized carbons (Fsp3) is 0.421. The van der Waals surface area contributed by atoms with E-state index in [1.54, 1.807) is 26.8 Å². The molecule has 1 aromatic rings. The third kappa shape index (κ3) is 3.56. The van der Waals surface area contributed by atoms with Crippen LogP contribution in [0.25, 0.3) is 0 Å². The van der Waals surface area contributed by atoms with Crippen LogP contribution in [0.5, 0.6) is 5.75 Å². The van der Waals surface area contributed by atoms with Crippen molar-refractivity contribution in [2.75, 3.05) is 7.11 Å². The van der Waals surface area contributed by atoms with E-state index in [-0.39, 0.29) is 24.2 Å². The Kier molecular flexibility index (Phi) is 5.69. The number of carbonyl (C=O) groups excluding carboxylic acids is 1. The lowest BCUT2D eigenvalue weighted by atomic mass is 9.89. The minimum Gasteiger partial charge on any atom is -0.496 e. The molecule has 1 aromatic carbocycles. The van der Waals surface area contributed by atoms with Crippen LogP contribution >= 0.6 is 0 Å². The zero-order valence-electron chi connectivity index (χ0n) is 15.2. The van der Waals surface area contributed by atoms with E-state index in [0.717, 1.165) is 5.57 Å². The first kappa shape index (κ1) is 19.5. The van der Waals surface area contributed by atoms with Crippen LogP contribution in [0.1, 0.15) is 57.7 Å². The Morgan fingerprint density at radius 1 is 1.35 bits per heavy atom. The lowest BCUT2D eigenvalue weighted by molar-refractivity contribution is -0.141. The molecule has 0 fully saturated rings. The van der Waals surface area contributed by atoms with Gasteiger partial charge in [-0.2, -0.15) is 0 Å². The molecule has 0 aliphatic carbocycles. The first-order valence-electron chi connectivity index (χ1n) is 8.20. The van der Waals surface area contributed by atoms with Crippen molar-refractivity contribution in [1.82, 2.24) is 0 Å². The summed E-state index contributed by atoms with van der Waals surface area (Å²) in [6.45, 7) is 5.19. The van der Waals surface area contributed by atoms with Crippen molar-refractivity contribution >= 4 is 17.9 Å². The average Bonchev–Trinajstić information content (AvgIpc) is 2.94. The van der Waals surface area contributed by atoms with Crippen molar-refractivity contribution in [3.8, 4) is 5.75 Å². The number of methoxy groups -OCH3 is 1. The quantitative estimate of drug-likeness (QED) is 0.567. The molecule has 1 atom stereocenters. The normalized spacial score (nSPS) is 14.6. The predicted molar refractivity (Wildman–Crippen MR) is 92.7 cm³/mol. The molecule has 1 unspecified atom stereocenters. The van der Waals surface area contributed by atoms with E-state index < -0.39 is 23.8 Å². The van der Waals surface area contributed by atoms with Gasteiger partial charge >= 0.3 is 17.9 Å². The Bertz CT molecular complexity index is 805. The molecule has 0 aromatic heterocycles. The van der Waals surface area contributed by atoms with Gasteiger partial charge in [0.05, 0.1) is 24.2 Å². The first-order chi connectivity index (χ1) is 12.2. The summed E-state index contributed by atoms with van der Waals surface area (Å²) < 4.78 is 10.4. The van der Waals surface area contributed by atoms with Gasteiger partial charge in [0.1, 0.15) is 12.4 Å². The van der Waals surface area contributed by atoms with Crippen molar-refractivity contribution in [2.24, 2.45) is 5.92 Å². The van der Waals surface area contributed by atoms with E-state index >= 15 is 0 Å². The SMILES string of the molecule is COc1c(C)c2c(c(C(=O)O)c1CC=C(C)CC(C)C(=O)O)C(=O)OC2. The monoisotopic (exact) mass is 362 g/mol. The highest BCUT2D eigenvalue weighted by atomic mass is 16.5. The second kappa shape index (κ2) is 7.59. The fourth-order valence-electron chi connectivity index (χ4n) is 3.22. The topological polar surface area (TPSA) is 110 Å². The molecule has 0 bridgehead atoms. The van der Waals surface area contributed by atoms with Gasteiger partial charge in [-0.15, -0.1) is 0 Å². The second-order valence-electron chi connectivity index (χ2n) is 6.44. The highest BCUT2D eigenvalue weighted by Gasteiger charge is 2.34. The van der Waals surface area contributed by atoms with Gasteiger partial charge in [0.25, 0.3) is 0 Å². The van der Waals surface area contributed by atoms with Crippen LogP contribution in [-0.2, 0) is 22.6 Å². The van der Waals surface area contributed by atoms with Gasteiger partial charge in [-0.1, -0.05) is 18.6 Å². The number of hydrogen-bond acceptors (Lipinski definition) is 5. The molecule has 7 heteroatoms. The molecule has 1 heterocycles. The van der Waals surface area contributed by atoms with Gasteiger partial charge < -0.3 is 19.7 Å². The Balaban J connectivity index is 2.52. The number of aliphatic carboxylic acids is 1. The molecule has 0 saturated heterocycles. The molecule has 140 valence electrons. The second-order valence-corrected chi connectivity index (χ2v) is 6.44. The molecule has 7 nitrogen and oxygen atoms in total. The van der Waals surface area contributed by atoms with Crippen molar-refractivity contribution in [2.45, 2.75) is 40.2 Å². The molecular weight excluding hydrogens is 340 g/mol. The van der Waals surface area contributed by atoms with Gasteiger partial charge in [0.2, 0.25) is 0 Å². The van der Waals surface area contributed by atoms with E-state index in [2.05, 4.69) is 0 Å². The molecule has 2 rings (SSSR count). The number of fused-ring (bicyclic) bond motifs is 1. The average molecular weight is 362 g/mol. The van der Waals surface area contributed by atoms with Crippen LogP contribution in [0.4, 0.5) is 0 Å². The Hall–Kier alpha value is -2.83. The maximum atomic E-state index is 12.0. The number of carboxylic acids is 2. The van der Waals surface area contributed by atoms with Crippen molar-refractivity contribution in [3.63, 3.8) is 0 Å². The molecule has 0 amide bonds. The summed E-state index contributed by atoms with van der Waals surface area (Å²) in [7, 11) is 1.45. The summed E-state index contributed by atoms with van der Waals surface area (Å²) in [4.78, 5) is 34.9.